The summed E-state index contributed by atoms with van der Waals surface area (Å²) in [5.41, 5.74) is 1.81. The average molecular weight is 673 g/mol. The lowest BCUT2D eigenvalue weighted by molar-refractivity contribution is -0.139. The van der Waals surface area contributed by atoms with Crippen molar-refractivity contribution in [1.29, 1.82) is 0 Å². The molecule has 4 amide bonds. The molecule has 1 aromatic rings. The number of likely N-dealkylation sites (tertiary alicyclic amines) is 1. The Morgan fingerprint density at radius 3 is 2.32 bits per heavy atom. The van der Waals surface area contributed by atoms with Gasteiger partial charge in [0.05, 0.1) is 6.26 Å². The number of aliphatic imine (C=N–C) groups is 1. The SMILES string of the molecule is CCCCCC(=O)/N=C(/NC(=O)CCCCC)N1CC=C(CNC(=O)[C@@H]2CCCN2C(=O)[C@@H](Cc2ccccc2)NS(C)(=O)=O)CC1. The summed E-state index contributed by atoms with van der Waals surface area (Å²) in [4.78, 5) is 59.7. The lowest BCUT2D eigenvalue weighted by atomic mass is 10.0. The maximum Gasteiger partial charge on any atom is 0.248 e. The molecule has 12 nitrogen and oxygen atoms in total. The standard InChI is InChI=1S/C34H52N6O6S/c1-4-6-9-17-30(41)36-34(37-31(42)18-10-7-5-2)39-22-19-27(20-23-39)25-35-32(43)29-16-13-21-40(29)33(44)28(38-47(3,45)46)24-26-14-11-8-12-15-26/h8,11-12,14-15,19,28-29,38H,4-7,9-10,13,16-18,20-25H2,1-3H3,(H,35,43)(H,36,37,41,42)/t28-,29+/m1/s1. The molecule has 1 aromatic carbocycles. The van der Waals surface area contributed by atoms with E-state index in [0.29, 0.717) is 58.3 Å². The molecule has 260 valence electrons. The van der Waals surface area contributed by atoms with Crippen LogP contribution in [0.1, 0.15) is 90.0 Å². The number of amides is 4. The number of rotatable bonds is 16. The van der Waals surface area contributed by atoms with Crippen molar-refractivity contribution in [2.24, 2.45) is 4.99 Å². The van der Waals surface area contributed by atoms with Gasteiger partial charge in [0.2, 0.25) is 39.6 Å². The third-order valence-corrected chi connectivity index (χ3v) is 9.06. The van der Waals surface area contributed by atoms with Gasteiger partial charge in [-0.15, -0.1) is 0 Å². The maximum atomic E-state index is 13.6. The zero-order valence-corrected chi connectivity index (χ0v) is 28.9. The van der Waals surface area contributed by atoms with Crippen molar-refractivity contribution in [3.8, 4) is 0 Å². The molecule has 2 aliphatic heterocycles. The normalized spacial score (nSPS) is 17.6. The van der Waals surface area contributed by atoms with E-state index in [-0.39, 0.29) is 30.1 Å². The molecule has 0 spiro atoms. The predicted octanol–water partition coefficient (Wildman–Crippen LogP) is 3.05. The van der Waals surface area contributed by atoms with Crippen LogP contribution in [0.2, 0.25) is 0 Å². The number of hydrogen-bond donors (Lipinski definition) is 3. The van der Waals surface area contributed by atoms with Crippen LogP contribution >= 0.6 is 0 Å². The highest BCUT2D eigenvalue weighted by Crippen LogP contribution is 2.21. The van der Waals surface area contributed by atoms with Crippen molar-refractivity contribution in [3.63, 3.8) is 0 Å². The predicted molar refractivity (Wildman–Crippen MR) is 183 cm³/mol. The fourth-order valence-electron chi connectivity index (χ4n) is 5.77. The van der Waals surface area contributed by atoms with Gasteiger partial charge in [-0.1, -0.05) is 81.5 Å². The number of carbonyl (C=O) groups excluding carboxylic acids is 4. The molecule has 1 fully saturated rings. The van der Waals surface area contributed by atoms with Gasteiger partial charge in [-0.05, 0) is 44.1 Å². The number of nitrogens with zero attached hydrogens (tertiary/aromatic N) is 3. The minimum Gasteiger partial charge on any atom is -0.351 e. The molecule has 0 aromatic heterocycles. The first-order chi connectivity index (χ1) is 22.5. The number of guanidine groups is 1. The lowest BCUT2D eigenvalue weighted by Gasteiger charge is -2.30. The lowest BCUT2D eigenvalue weighted by Crippen LogP contribution is -2.54. The van der Waals surface area contributed by atoms with Crippen LogP contribution in [-0.4, -0.2) is 92.3 Å². The van der Waals surface area contributed by atoms with Crippen LogP contribution in [0, 0.1) is 0 Å². The minimum atomic E-state index is -3.68. The van der Waals surface area contributed by atoms with E-state index >= 15 is 0 Å². The summed E-state index contributed by atoms with van der Waals surface area (Å²) in [6.45, 7) is 5.76. The van der Waals surface area contributed by atoms with E-state index in [1.54, 1.807) is 0 Å². The first-order valence-electron chi connectivity index (χ1n) is 16.9. The Balaban J connectivity index is 1.61. The Bertz CT molecular complexity index is 1380. The summed E-state index contributed by atoms with van der Waals surface area (Å²) in [7, 11) is -3.68. The third-order valence-electron chi connectivity index (χ3n) is 8.35. The van der Waals surface area contributed by atoms with Crippen molar-refractivity contribution in [1.82, 2.24) is 25.2 Å². The Labute approximate surface area is 279 Å². The summed E-state index contributed by atoms with van der Waals surface area (Å²) in [5, 5.41) is 5.83. The monoisotopic (exact) mass is 672 g/mol. The van der Waals surface area contributed by atoms with Gasteiger partial charge in [0.25, 0.3) is 0 Å². The molecular weight excluding hydrogens is 620 g/mol. The molecule has 2 aliphatic rings. The molecule has 3 rings (SSSR count). The molecule has 2 atom stereocenters. The number of unbranched alkanes of at least 4 members (excludes halogenated alkanes) is 4. The van der Waals surface area contributed by atoms with Crippen LogP contribution in [0.3, 0.4) is 0 Å². The smallest absolute Gasteiger partial charge is 0.248 e. The molecule has 0 unspecified atom stereocenters. The van der Waals surface area contributed by atoms with E-state index in [1.165, 1.54) is 4.90 Å². The summed E-state index contributed by atoms with van der Waals surface area (Å²) in [5.74, 6) is -0.833. The molecule has 1 saturated heterocycles. The van der Waals surface area contributed by atoms with Gasteiger partial charge in [0.15, 0.2) is 0 Å². The second-order valence-corrected chi connectivity index (χ2v) is 14.2. The highest BCUT2D eigenvalue weighted by molar-refractivity contribution is 7.88. The quantitative estimate of drug-likeness (QED) is 0.105. The van der Waals surface area contributed by atoms with Crippen LogP contribution in [0.4, 0.5) is 0 Å². The van der Waals surface area contributed by atoms with E-state index in [2.05, 4.69) is 34.2 Å². The summed E-state index contributed by atoms with van der Waals surface area (Å²) in [6, 6.07) is 7.46. The van der Waals surface area contributed by atoms with Crippen LogP contribution in [0.25, 0.3) is 0 Å². The Hall–Kier alpha value is -3.58. The summed E-state index contributed by atoms with van der Waals surface area (Å²) in [6.07, 6.45) is 11.0. The Kier molecular flexibility index (Phi) is 15.5. The number of benzene rings is 1. The second-order valence-electron chi connectivity index (χ2n) is 12.4. The maximum absolute atomic E-state index is 13.6. The average Bonchev–Trinajstić information content (AvgIpc) is 3.53. The van der Waals surface area contributed by atoms with Crippen molar-refractivity contribution in [2.75, 3.05) is 32.4 Å². The van der Waals surface area contributed by atoms with E-state index < -0.39 is 28.0 Å². The molecule has 3 N–H and O–H groups in total. The van der Waals surface area contributed by atoms with Crippen LogP contribution in [0.5, 0.6) is 0 Å². The van der Waals surface area contributed by atoms with Crippen LogP contribution < -0.4 is 15.4 Å². The number of sulfonamides is 1. The Morgan fingerprint density at radius 2 is 1.68 bits per heavy atom. The van der Waals surface area contributed by atoms with Crippen LogP contribution in [-0.2, 0) is 35.6 Å². The zero-order valence-electron chi connectivity index (χ0n) is 28.1. The van der Waals surface area contributed by atoms with Crippen molar-refractivity contribution in [2.45, 2.75) is 103 Å². The van der Waals surface area contributed by atoms with E-state index in [1.807, 2.05) is 41.3 Å². The van der Waals surface area contributed by atoms with E-state index in [0.717, 1.165) is 55.9 Å². The van der Waals surface area contributed by atoms with Gasteiger partial charge >= 0.3 is 0 Å². The van der Waals surface area contributed by atoms with Crippen molar-refractivity contribution in [3.05, 3.63) is 47.5 Å². The first kappa shape index (κ1) is 37.9. The topological polar surface area (TPSA) is 157 Å². The minimum absolute atomic E-state index is 0.158. The molecule has 47 heavy (non-hydrogen) atoms. The molecular formula is C34H52N6O6S. The van der Waals surface area contributed by atoms with E-state index in [4.69, 9.17) is 0 Å². The molecule has 0 bridgehead atoms. The largest absolute Gasteiger partial charge is 0.351 e. The highest BCUT2D eigenvalue weighted by atomic mass is 32.2. The summed E-state index contributed by atoms with van der Waals surface area (Å²) < 4.78 is 26.7. The Morgan fingerprint density at radius 1 is 0.979 bits per heavy atom. The summed E-state index contributed by atoms with van der Waals surface area (Å²) >= 11 is 0. The molecule has 13 heteroatoms. The van der Waals surface area contributed by atoms with Crippen LogP contribution in [0.15, 0.2) is 47.0 Å². The molecule has 0 radical (unpaired) electrons. The molecule has 2 heterocycles. The van der Waals surface area contributed by atoms with Gasteiger partial charge in [0, 0.05) is 39.0 Å². The molecule has 0 aliphatic carbocycles. The van der Waals surface area contributed by atoms with Gasteiger partial charge in [-0.25, -0.2) is 13.1 Å². The molecule has 0 saturated carbocycles. The fraction of sp³-hybridized carbons (Fsp3) is 0.618. The number of carbonyl (C=O) groups is 4. The van der Waals surface area contributed by atoms with Crippen molar-refractivity contribution < 1.29 is 27.6 Å². The number of nitrogens with one attached hydrogen (secondary N) is 3. The highest BCUT2D eigenvalue weighted by Gasteiger charge is 2.38. The zero-order chi connectivity index (χ0) is 34.2. The van der Waals surface area contributed by atoms with Crippen molar-refractivity contribution >= 4 is 39.6 Å². The van der Waals surface area contributed by atoms with Gasteiger partial charge < -0.3 is 15.1 Å². The van der Waals surface area contributed by atoms with Gasteiger partial charge in [-0.2, -0.15) is 4.99 Å². The van der Waals surface area contributed by atoms with Gasteiger partial charge in [0.1, 0.15) is 12.1 Å². The number of hydrogen-bond acceptors (Lipinski definition) is 6. The second kappa shape index (κ2) is 19.3. The van der Waals surface area contributed by atoms with E-state index in [9.17, 15) is 27.6 Å². The first-order valence-corrected chi connectivity index (χ1v) is 18.8. The third kappa shape index (κ3) is 13.2. The van der Waals surface area contributed by atoms with Gasteiger partial charge in [-0.3, -0.25) is 24.5 Å². The fourth-order valence-corrected chi connectivity index (χ4v) is 6.48.